The molecule has 3 heterocycles. The zero-order valence-electron chi connectivity index (χ0n) is 15.2. The van der Waals surface area contributed by atoms with E-state index in [1.165, 1.54) is 18.3 Å². The van der Waals surface area contributed by atoms with Gasteiger partial charge in [0.25, 0.3) is 5.91 Å². The Balaban J connectivity index is 1.91. The van der Waals surface area contributed by atoms with Crippen molar-refractivity contribution >= 4 is 11.6 Å². The fourth-order valence-electron chi connectivity index (χ4n) is 3.23. The molecule has 3 aromatic heterocycles. The van der Waals surface area contributed by atoms with Crippen LogP contribution in [0.25, 0.3) is 28.2 Å². The lowest BCUT2D eigenvalue weighted by molar-refractivity contribution is 0.0815. The molecule has 8 nitrogen and oxygen atoms in total. The van der Waals surface area contributed by atoms with E-state index < -0.39 is 18.6 Å². The molecule has 4 rings (SSSR count). The van der Waals surface area contributed by atoms with Crippen molar-refractivity contribution in [3.8, 4) is 22.5 Å². The van der Waals surface area contributed by atoms with Gasteiger partial charge in [-0.3, -0.25) is 9.20 Å². The predicted octanol–water partition coefficient (Wildman–Crippen LogP) is 1.46. The lowest BCUT2D eigenvalue weighted by Crippen LogP contribution is -2.20. The molecule has 0 aliphatic heterocycles. The van der Waals surface area contributed by atoms with E-state index in [0.717, 1.165) is 0 Å². The molecule has 0 bridgehead atoms. The van der Waals surface area contributed by atoms with Crippen molar-refractivity contribution in [1.82, 2.24) is 18.9 Å². The van der Waals surface area contributed by atoms with Gasteiger partial charge in [0.05, 0.1) is 43.2 Å². The maximum Gasteiger partial charge on any atom is 0.267 e. The van der Waals surface area contributed by atoms with Crippen molar-refractivity contribution in [1.29, 1.82) is 0 Å². The summed E-state index contributed by atoms with van der Waals surface area (Å²) in [5.74, 6) is -0.978. The fraction of sp³-hybridized carbons (Fsp3) is 0.150. The number of halogens is 1. The first-order valence-corrected chi connectivity index (χ1v) is 8.85. The van der Waals surface area contributed by atoms with Gasteiger partial charge in [0.2, 0.25) is 0 Å². The second kappa shape index (κ2) is 7.46. The third kappa shape index (κ3) is 3.48. The number of rotatable bonds is 6. The molecule has 29 heavy (non-hydrogen) atoms. The summed E-state index contributed by atoms with van der Waals surface area (Å²) in [7, 11) is 0. The summed E-state index contributed by atoms with van der Waals surface area (Å²) in [5, 5.41) is 19.2. The minimum Gasteiger partial charge on any atom is -0.394 e. The van der Waals surface area contributed by atoms with Gasteiger partial charge in [-0.1, -0.05) is 0 Å². The van der Waals surface area contributed by atoms with E-state index in [1.807, 2.05) is 0 Å². The maximum absolute atomic E-state index is 13.4. The number of amides is 1. The molecule has 0 aliphatic rings. The molecule has 1 aromatic carbocycles. The molecule has 4 N–H and O–H groups in total. The number of hydrogen-bond acceptors (Lipinski definition) is 5. The van der Waals surface area contributed by atoms with E-state index in [4.69, 9.17) is 5.73 Å². The maximum atomic E-state index is 13.4. The molecular weight excluding hydrogens is 377 g/mol. The van der Waals surface area contributed by atoms with Gasteiger partial charge >= 0.3 is 0 Å². The summed E-state index contributed by atoms with van der Waals surface area (Å²) in [6.07, 6.45) is 3.66. The van der Waals surface area contributed by atoms with E-state index in [9.17, 15) is 19.4 Å². The smallest absolute Gasteiger partial charge is 0.267 e. The molecule has 0 aliphatic carbocycles. The first-order chi connectivity index (χ1) is 14.0. The van der Waals surface area contributed by atoms with Crippen LogP contribution in [-0.2, 0) is 6.54 Å². The number of fused-ring (bicyclic) bond motifs is 1. The summed E-state index contributed by atoms with van der Waals surface area (Å²) < 4.78 is 16.6. The van der Waals surface area contributed by atoms with E-state index >= 15 is 0 Å². The van der Waals surface area contributed by atoms with Crippen molar-refractivity contribution < 1.29 is 19.4 Å². The van der Waals surface area contributed by atoms with Crippen LogP contribution in [0.4, 0.5) is 4.39 Å². The zero-order valence-corrected chi connectivity index (χ0v) is 15.2. The van der Waals surface area contributed by atoms with Gasteiger partial charge in [0, 0.05) is 17.3 Å². The number of aliphatic hydroxyl groups is 2. The molecule has 148 valence electrons. The molecule has 0 radical (unpaired) electrons. The highest BCUT2D eigenvalue weighted by Crippen LogP contribution is 2.32. The molecule has 4 aromatic rings. The molecule has 9 heteroatoms. The fourth-order valence-corrected chi connectivity index (χ4v) is 3.23. The molecule has 1 atom stereocenters. The number of aromatic nitrogens is 4. The van der Waals surface area contributed by atoms with Crippen LogP contribution in [0.3, 0.4) is 0 Å². The Hall–Kier alpha value is -3.56. The Morgan fingerprint density at radius 2 is 1.86 bits per heavy atom. The SMILES string of the molecule is NC(=O)c1cnc2ccc(-c3c(-c4ccc(F)cc4)ncn3C[C@H](O)CO)cn12. The second-order valence-electron chi connectivity index (χ2n) is 6.59. The minimum atomic E-state index is -0.984. The third-order valence-electron chi connectivity index (χ3n) is 4.61. The molecular formula is C20H18FN5O3. The number of carbonyl (C=O) groups excluding carboxylic acids is 1. The summed E-state index contributed by atoms with van der Waals surface area (Å²) >= 11 is 0. The number of nitrogens with two attached hydrogens (primary N) is 1. The second-order valence-corrected chi connectivity index (χ2v) is 6.59. The highest BCUT2D eigenvalue weighted by Gasteiger charge is 2.19. The van der Waals surface area contributed by atoms with Gasteiger partial charge in [-0.15, -0.1) is 0 Å². The van der Waals surface area contributed by atoms with Crippen LogP contribution in [-0.4, -0.2) is 47.8 Å². The van der Waals surface area contributed by atoms with Crippen molar-refractivity contribution in [3.63, 3.8) is 0 Å². The molecule has 0 saturated carbocycles. The normalized spacial score (nSPS) is 12.4. The van der Waals surface area contributed by atoms with E-state index in [1.54, 1.807) is 45.8 Å². The van der Waals surface area contributed by atoms with Crippen molar-refractivity contribution in [2.45, 2.75) is 12.6 Å². The number of carbonyl (C=O) groups is 1. The lowest BCUT2D eigenvalue weighted by atomic mass is 10.1. The first-order valence-electron chi connectivity index (χ1n) is 8.85. The number of primary amides is 1. The quantitative estimate of drug-likeness (QED) is 0.457. The van der Waals surface area contributed by atoms with Crippen LogP contribution in [0, 0.1) is 5.82 Å². The summed E-state index contributed by atoms with van der Waals surface area (Å²) in [5.41, 5.74) is 8.77. The van der Waals surface area contributed by atoms with Crippen molar-refractivity contribution in [2.75, 3.05) is 6.61 Å². The minimum absolute atomic E-state index is 0.102. The van der Waals surface area contributed by atoms with Crippen LogP contribution in [0.1, 0.15) is 10.5 Å². The molecule has 1 amide bonds. The first kappa shape index (κ1) is 18.8. The average Bonchev–Trinajstić information content (AvgIpc) is 3.32. The monoisotopic (exact) mass is 395 g/mol. The predicted molar refractivity (Wildman–Crippen MR) is 103 cm³/mol. The van der Waals surface area contributed by atoms with Crippen molar-refractivity contribution in [3.05, 3.63) is 66.6 Å². The molecule has 0 unspecified atom stereocenters. The highest BCUT2D eigenvalue weighted by atomic mass is 19.1. The van der Waals surface area contributed by atoms with Gasteiger partial charge in [-0.25, -0.2) is 14.4 Å². The van der Waals surface area contributed by atoms with Gasteiger partial charge in [-0.05, 0) is 36.4 Å². The Bertz CT molecular complexity index is 1180. The van der Waals surface area contributed by atoms with E-state index in [2.05, 4.69) is 9.97 Å². The zero-order chi connectivity index (χ0) is 20.5. The molecule has 0 fully saturated rings. The Morgan fingerprint density at radius 1 is 1.14 bits per heavy atom. The molecule has 0 spiro atoms. The van der Waals surface area contributed by atoms with E-state index in [0.29, 0.717) is 28.2 Å². The summed E-state index contributed by atoms with van der Waals surface area (Å²) in [6, 6.07) is 9.43. The lowest BCUT2D eigenvalue weighted by Gasteiger charge is -2.14. The number of benzene rings is 1. The summed E-state index contributed by atoms with van der Waals surface area (Å²) in [6.45, 7) is -0.305. The standard InChI is InChI=1S/C20H18FN5O3/c21-14-4-1-12(2-5-14)18-19(25(11-24-18)9-15(28)10-27)13-3-6-17-23-7-16(20(22)29)26(17)8-13/h1-8,11,15,27-28H,9-10H2,(H2,22,29)/t15-/m0/s1. The van der Waals surface area contributed by atoms with Gasteiger partial charge in [0.1, 0.15) is 17.2 Å². The van der Waals surface area contributed by atoms with Crippen LogP contribution in [0.2, 0.25) is 0 Å². The van der Waals surface area contributed by atoms with Crippen LogP contribution >= 0.6 is 0 Å². The van der Waals surface area contributed by atoms with Gasteiger partial charge in [-0.2, -0.15) is 0 Å². The topological polar surface area (TPSA) is 119 Å². The summed E-state index contributed by atoms with van der Waals surface area (Å²) in [4.78, 5) is 20.3. The number of pyridine rings is 1. The van der Waals surface area contributed by atoms with Crippen LogP contribution < -0.4 is 5.73 Å². The van der Waals surface area contributed by atoms with Gasteiger partial charge in [0.15, 0.2) is 0 Å². The molecule has 0 saturated heterocycles. The number of aliphatic hydroxyl groups excluding tert-OH is 2. The number of nitrogens with zero attached hydrogens (tertiary/aromatic N) is 4. The Morgan fingerprint density at radius 3 is 2.55 bits per heavy atom. The van der Waals surface area contributed by atoms with Crippen LogP contribution in [0.15, 0.2) is 55.1 Å². The highest BCUT2D eigenvalue weighted by molar-refractivity contribution is 5.92. The third-order valence-corrected chi connectivity index (χ3v) is 4.61. The van der Waals surface area contributed by atoms with Crippen LogP contribution in [0.5, 0.6) is 0 Å². The Labute approximate surface area is 164 Å². The number of imidazole rings is 2. The van der Waals surface area contributed by atoms with Crippen molar-refractivity contribution in [2.24, 2.45) is 5.73 Å². The largest absolute Gasteiger partial charge is 0.394 e. The van der Waals surface area contributed by atoms with Gasteiger partial charge < -0.3 is 20.5 Å². The van der Waals surface area contributed by atoms with E-state index in [-0.39, 0.29) is 18.1 Å². The average molecular weight is 395 g/mol. The Kier molecular flexibility index (Phi) is 4.83. The number of hydrogen-bond donors (Lipinski definition) is 3.